The molecule has 0 amide bonds. The zero-order chi connectivity index (χ0) is 19.9. The van der Waals surface area contributed by atoms with Crippen LogP contribution in [-0.4, -0.2) is 5.16 Å². The topological polar surface area (TPSA) is 12.4 Å². The highest BCUT2D eigenvalue weighted by molar-refractivity contribution is 7.78. The van der Waals surface area contributed by atoms with Crippen LogP contribution in [-0.2, 0) is 6.42 Å². The number of aryl methyl sites for hydroxylation is 1. The Morgan fingerprint density at radius 2 is 1.57 bits per heavy atom. The van der Waals surface area contributed by atoms with E-state index >= 15 is 0 Å². The fourth-order valence-electron chi connectivity index (χ4n) is 2.83. The Morgan fingerprint density at radius 3 is 2.21 bits per heavy atom. The molecule has 0 radical (unpaired) electrons. The zero-order valence-corrected chi connectivity index (χ0v) is 16.1. The number of nitrogens with zero attached hydrogens (tertiary/aromatic N) is 1. The lowest BCUT2D eigenvalue weighted by Crippen LogP contribution is -1.88. The first-order chi connectivity index (χ1) is 13.6. The second-order valence-corrected chi connectivity index (χ2v) is 6.44. The van der Waals surface area contributed by atoms with Gasteiger partial charge in [-0.05, 0) is 66.2 Å². The van der Waals surface area contributed by atoms with Crippen LogP contribution >= 0.6 is 12.2 Å². The quantitative estimate of drug-likeness (QED) is 0.274. The standard InChI is InChI=1S/C24H17F2NS/c1-2-3-17-4-6-18(7-5-17)8-9-19-10-12-21(22(25)14-19)20-11-13-24(27-16-28)23(26)15-20/h4-7,10-15H,2-3H2,1H3. The van der Waals surface area contributed by atoms with E-state index in [4.69, 9.17) is 0 Å². The Balaban J connectivity index is 1.83. The molecule has 3 aromatic rings. The third kappa shape index (κ3) is 4.78. The van der Waals surface area contributed by atoms with E-state index in [9.17, 15) is 8.78 Å². The lowest BCUT2D eigenvalue weighted by molar-refractivity contribution is 0.626. The SMILES string of the molecule is CCCc1ccc(C#Cc2ccc(-c3ccc(N=C=S)c(F)c3)c(F)c2)cc1. The number of halogens is 2. The molecular weight excluding hydrogens is 372 g/mol. The highest BCUT2D eigenvalue weighted by Crippen LogP contribution is 2.28. The van der Waals surface area contributed by atoms with Crippen molar-refractivity contribution in [3.8, 4) is 23.0 Å². The van der Waals surface area contributed by atoms with Gasteiger partial charge in [-0.3, -0.25) is 0 Å². The van der Waals surface area contributed by atoms with Crippen LogP contribution in [0.15, 0.2) is 65.7 Å². The van der Waals surface area contributed by atoms with E-state index in [2.05, 4.69) is 53.3 Å². The van der Waals surface area contributed by atoms with Crippen molar-refractivity contribution in [2.45, 2.75) is 19.8 Å². The molecule has 0 spiro atoms. The van der Waals surface area contributed by atoms with Crippen LogP contribution in [0.1, 0.15) is 30.0 Å². The maximum Gasteiger partial charge on any atom is 0.150 e. The molecule has 0 aliphatic heterocycles. The Kier molecular flexibility index (Phi) is 6.45. The van der Waals surface area contributed by atoms with Crippen LogP contribution in [0.2, 0.25) is 0 Å². The molecule has 0 saturated heterocycles. The summed E-state index contributed by atoms with van der Waals surface area (Å²) in [6.07, 6.45) is 2.14. The molecule has 0 N–H and O–H groups in total. The minimum absolute atomic E-state index is 0.0756. The van der Waals surface area contributed by atoms with E-state index in [1.807, 2.05) is 12.1 Å². The molecule has 3 aromatic carbocycles. The van der Waals surface area contributed by atoms with E-state index < -0.39 is 11.6 Å². The smallest absolute Gasteiger partial charge is 0.150 e. The summed E-state index contributed by atoms with van der Waals surface area (Å²) in [4.78, 5) is 3.62. The first-order valence-electron chi connectivity index (χ1n) is 8.89. The summed E-state index contributed by atoms with van der Waals surface area (Å²) in [5.74, 6) is 4.97. The second-order valence-electron chi connectivity index (χ2n) is 6.26. The molecule has 0 bridgehead atoms. The van der Waals surface area contributed by atoms with Gasteiger partial charge in [0.2, 0.25) is 0 Å². The molecule has 4 heteroatoms. The number of thiocarbonyl (C=S) groups is 1. The Morgan fingerprint density at radius 1 is 0.857 bits per heavy atom. The van der Waals surface area contributed by atoms with Crippen molar-refractivity contribution in [3.05, 3.63) is 89.0 Å². The van der Waals surface area contributed by atoms with E-state index in [1.165, 1.54) is 23.8 Å². The van der Waals surface area contributed by atoms with Crippen LogP contribution in [0.5, 0.6) is 0 Å². The fraction of sp³-hybridized carbons (Fsp3) is 0.125. The van der Waals surface area contributed by atoms with E-state index in [0.29, 0.717) is 16.7 Å². The lowest BCUT2D eigenvalue weighted by atomic mass is 10.0. The minimum atomic E-state index is -0.579. The van der Waals surface area contributed by atoms with Gasteiger partial charge >= 0.3 is 0 Å². The summed E-state index contributed by atoms with van der Waals surface area (Å²) in [5, 5.41) is 2.12. The molecule has 0 fully saturated rings. The zero-order valence-electron chi connectivity index (χ0n) is 15.3. The second kappa shape index (κ2) is 9.19. The lowest BCUT2D eigenvalue weighted by Gasteiger charge is -2.05. The molecular formula is C24H17F2NS. The van der Waals surface area contributed by atoms with Crippen molar-refractivity contribution in [1.82, 2.24) is 0 Å². The molecule has 0 unspecified atom stereocenters. The summed E-state index contributed by atoms with van der Waals surface area (Å²) in [5.41, 5.74) is 3.50. The summed E-state index contributed by atoms with van der Waals surface area (Å²) in [6.45, 7) is 2.14. The van der Waals surface area contributed by atoms with Gasteiger partial charge in [0.1, 0.15) is 17.3 Å². The van der Waals surface area contributed by atoms with Gasteiger partial charge in [-0.2, -0.15) is 4.99 Å². The maximum absolute atomic E-state index is 14.5. The molecule has 0 aliphatic rings. The van der Waals surface area contributed by atoms with Crippen molar-refractivity contribution >= 4 is 23.1 Å². The minimum Gasteiger partial charge on any atom is -0.206 e. The van der Waals surface area contributed by atoms with Gasteiger partial charge in [0.15, 0.2) is 0 Å². The fourth-order valence-corrected chi connectivity index (χ4v) is 2.93. The Hall–Kier alpha value is -3.12. The van der Waals surface area contributed by atoms with Crippen LogP contribution in [0.25, 0.3) is 11.1 Å². The van der Waals surface area contributed by atoms with E-state index in [-0.39, 0.29) is 5.69 Å². The van der Waals surface area contributed by atoms with Crippen LogP contribution in [0, 0.1) is 23.5 Å². The number of aliphatic imine (C=N–C) groups is 1. The molecule has 0 aliphatic carbocycles. The first-order valence-corrected chi connectivity index (χ1v) is 9.30. The molecule has 138 valence electrons. The molecule has 3 rings (SSSR count). The van der Waals surface area contributed by atoms with Gasteiger partial charge in [0.25, 0.3) is 0 Å². The highest BCUT2D eigenvalue weighted by Gasteiger charge is 2.09. The van der Waals surface area contributed by atoms with Gasteiger partial charge in [-0.1, -0.05) is 49.5 Å². The number of benzene rings is 3. The predicted molar refractivity (Wildman–Crippen MR) is 113 cm³/mol. The average Bonchev–Trinajstić information content (AvgIpc) is 2.69. The van der Waals surface area contributed by atoms with Gasteiger partial charge < -0.3 is 0 Å². The number of hydrogen-bond acceptors (Lipinski definition) is 2. The normalized spacial score (nSPS) is 9.96. The van der Waals surface area contributed by atoms with Crippen molar-refractivity contribution in [1.29, 1.82) is 0 Å². The van der Waals surface area contributed by atoms with Gasteiger partial charge in [-0.15, -0.1) is 0 Å². The van der Waals surface area contributed by atoms with E-state index in [1.54, 1.807) is 18.2 Å². The molecule has 28 heavy (non-hydrogen) atoms. The van der Waals surface area contributed by atoms with Crippen LogP contribution in [0.4, 0.5) is 14.5 Å². The molecule has 1 nitrogen and oxygen atoms in total. The van der Waals surface area contributed by atoms with Crippen molar-refractivity contribution in [3.63, 3.8) is 0 Å². The summed E-state index contributed by atoms with van der Waals surface area (Å²) < 4.78 is 28.5. The summed E-state index contributed by atoms with van der Waals surface area (Å²) >= 11 is 4.48. The maximum atomic E-state index is 14.5. The van der Waals surface area contributed by atoms with E-state index in [0.717, 1.165) is 18.4 Å². The largest absolute Gasteiger partial charge is 0.206 e. The third-order valence-electron chi connectivity index (χ3n) is 4.24. The number of hydrogen-bond donors (Lipinski definition) is 0. The third-order valence-corrected chi connectivity index (χ3v) is 4.33. The van der Waals surface area contributed by atoms with Crippen molar-refractivity contribution < 1.29 is 8.78 Å². The molecule has 0 saturated carbocycles. The first kappa shape index (κ1) is 19.6. The Bertz CT molecular complexity index is 1100. The number of rotatable bonds is 4. The van der Waals surface area contributed by atoms with Crippen molar-refractivity contribution in [2.24, 2.45) is 4.99 Å². The number of isothiocyanates is 1. The highest BCUT2D eigenvalue weighted by atomic mass is 32.1. The summed E-state index contributed by atoms with van der Waals surface area (Å²) in [7, 11) is 0. The van der Waals surface area contributed by atoms with Gasteiger partial charge in [0, 0.05) is 16.7 Å². The monoisotopic (exact) mass is 389 g/mol. The Labute approximate surface area is 168 Å². The molecule has 0 aromatic heterocycles. The summed E-state index contributed by atoms with van der Waals surface area (Å²) in [6, 6.07) is 17.0. The van der Waals surface area contributed by atoms with Gasteiger partial charge in [-0.25, -0.2) is 8.78 Å². The van der Waals surface area contributed by atoms with Gasteiger partial charge in [0.05, 0.1) is 5.16 Å². The predicted octanol–water partition coefficient (Wildman–Crippen LogP) is 6.72. The van der Waals surface area contributed by atoms with Crippen molar-refractivity contribution in [2.75, 3.05) is 0 Å². The van der Waals surface area contributed by atoms with Crippen LogP contribution < -0.4 is 0 Å². The average molecular weight is 389 g/mol. The van der Waals surface area contributed by atoms with Crippen LogP contribution in [0.3, 0.4) is 0 Å². The molecule has 0 heterocycles. The molecule has 0 atom stereocenters.